The van der Waals surface area contributed by atoms with Gasteiger partial charge in [-0.15, -0.1) is 11.3 Å². The second kappa shape index (κ2) is 7.68. The van der Waals surface area contributed by atoms with E-state index in [9.17, 15) is 13.2 Å². The van der Waals surface area contributed by atoms with E-state index in [1.54, 1.807) is 45.1 Å². The van der Waals surface area contributed by atoms with Crippen LogP contribution in [-0.4, -0.2) is 26.4 Å². The summed E-state index contributed by atoms with van der Waals surface area (Å²) < 4.78 is 27.5. The Labute approximate surface area is 153 Å². The van der Waals surface area contributed by atoms with Crippen molar-refractivity contribution in [3.05, 3.63) is 51.7 Å². The minimum atomic E-state index is -3.68. The van der Waals surface area contributed by atoms with Crippen molar-refractivity contribution in [1.82, 2.24) is 10.0 Å². The quantitative estimate of drug-likeness (QED) is 0.808. The van der Waals surface area contributed by atoms with E-state index in [1.165, 1.54) is 17.0 Å². The molecule has 1 amide bonds. The molecule has 5 nitrogen and oxygen atoms in total. The first-order valence-electron chi connectivity index (χ1n) is 8.04. The maximum Gasteiger partial charge on any atom is 0.251 e. The maximum absolute atomic E-state index is 12.5. The number of carbonyl (C=O) groups excluding carboxylic acids is 1. The van der Waals surface area contributed by atoms with Crippen LogP contribution < -0.4 is 10.0 Å². The van der Waals surface area contributed by atoms with Crippen molar-refractivity contribution in [3.8, 4) is 0 Å². The molecule has 0 aliphatic rings. The van der Waals surface area contributed by atoms with Crippen molar-refractivity contribution >= 4 is 27.3 Å². The van der Waals surface area contributed by atoms with Gasteiger partial charge in [-0.1, -0.05) is 12.1 Å². The monoisotopic (exact) mass is 380 g/mol. The average Bonchev–Trinajstić information content (AvgIpc) is 2.98. The third kappa shape index (κ3) is 5.66. The zero-order valence-electron chi connectivity index (χ0n) is 14.9. The number of carbonyl (C=O) groups is 1. The molecule has 0 unspecified atom stereocenters. The summed E-state index contributed by atoms with van der Waals surface area (Å²) in [4.78, 5) is 13.7. The van der Waals surface area contributed by atoms with Crippen LogP contribution in [0.4, 0.5) is 0 Å². The largest absolute Gasteiger partial charge is 0.352 e. The molecule has 1 aromatic heterocycles. The van der Waals surface area contributed by atoms with Gasteiger partial charge in [0.15, 0.2) is 0 Å². The fraction of sp³-hybridized carbons (Fsp3) is 0.389. The zero-order chi connectivity index (χ0) is 18.7. The molecular formula is C18H24N2O3S2. The number of thiophene rings is 1. The Morgan fingerprint density at radius 3 is 2.52 bits per heavy atom. The van der Waals surface area contributed by atoms with Crippen molar-refractivity contribution in [2.45, 2.75) is 44.6 Å². The lowest BCUT2D eigenvalue weighted by Crippen LogP contribution is -2.40. The lowest BCUT2D eigenvalue weighted by atomic mass is 10.1. The van der Waals surface area contributed by atoms with Crippen LogP contribution in [0.25, 0.3) is 0 Å². The smallest absolute Gasteiger partial charge is 0.251 e. The number of hydrogen-bond donors (Lipinski definition) is 2. The van der Waals surface area contributed by atoms with E-state index in [2.05, 4.69) is 10.0 Å². The first kappa shape index (κ1) is 19.6. The molecule has 1 aromatic carbocycles. The molecule has 7 heteroatoms. The van der Waals surface area contributed by atoms with Gasteiger partial charge in [0.05, 0.1) is 4.90 Å². The first-order valence-corrected chi connectivity index (χ1v) is 10.4. The van der Waals surface area contributed by atoms with Crippen molar-refractivity contribution in [3.63, 3.8) is 0 Å². The van der Waals surface area contributed by atoms with E-state index < -0.39 is 15.6 Å². The standard InChI is InChI=1S/C18H24N2O3S2/c1-13-7-8-15(25(22,23)20-18(2,3)4)12-16(13)17(21)19-10-9-14-6-5-11-24-14/h5-8,11-12,20H,9-10H2,1-4H3,(H,19,21). The van der Waals surface area contributed by atoms with Crippen LogP contribution in [-0.2, 0) is 16.4 Å². The molecule has 0 aliphatic heterocycles. The van der Waals surface area contributed by atoms with Gasteiger partial charge < -0.3 is 5.32 Å². The van der Waals surface area contributed by atoms with Crippen molar-refractivity contribution < 1.29 is 13.2 Å². The summed E-state index contributed by atoms with van der Waals surface area (Å²) in [6, 6.07) is 8.61. The van der Waals surface area contributed by atoms with E-state index in [4.69, 9.17) is 0 Å². The molecule has 0 radical (unpaired) electrons. The molecule has 2 rings (SSSR count). The second-order valence-electron chi connectivity index (χ2n) is 6.92. The van der Waals surface area contributed by atoms with E-state index >= 15 is 0 Å². The maximum atomic E-state index is 12.5. The minimum Gasteiger partial charge on any atom is -0.352 e. The SMILES string of the molecule is Cc1ccc(S(=O)(=O)NC(C)(C)C)cc1C(=O)NCCc1cccs1. The average molecular weight is 381 g/mol. The summed E-state index contributed by atoms with van der Waals surface area (Å²) in [6.45, 7) is 7.63. The van der Waals surface area contributed by atoms with Crippen LogP contribution in [0, 0.1) is 6.92 Å². The predicted octanol–water partition coefficient (Wildman–Crippen LogP) is 3.11. The minimum absolute atomic E-state index is 0.0939. The molecule has 0 aliphatic carbocycles. The number of benzene rings is 1. The highest BCUT2D eigenvalue weighted by atomic mass is 32.2. The summed E-state index contributed by atoms with van der Waals surface area (Å²) in [6.07, 6.45) is 0.756. The topological polar surface area (TPSA) is 75.3 Å². The molecule has 0 spiro atoms. The van der Waals surface area contributed by atoms with E-state index in [0.717, 1.165) is 12.0 Å². The van der Waals surface area contributed by atoms with Crippen molar-refractivity contribution in [2.24, 2.45) is 0 Å². The lowest BCUT2D eigenvalue weighted by molar-refractivity contribution is 0.0953. The van der Waals surface area contributed by atoms with E-state index in [-0.39, 0.29) is 10.8 Å². The number of sulfonamides is 1. The van der Waals surface area contributed by atoms with Crippen LogP contribution in [0.3, 0.4) is 0 Å². The Morgan fingerprint density at radius 1 is 1.20 bits per heavy atom. The van der Waals surface area contributed by atoms with Gasteiger partial charge in [0.2, 0.25) is 10.0 Å². The summed E-state index contributed by atoms with van der Waals surface area (Å²) in [5.74, 6) is -0.262. The Balaban J connectivity index is 2.13. The summed E-state index contributed by atoms with van der Waals surface area (Å²) in [5.41, 5.74) is 0.527. The molecule has 2 aromatic rings. The van der Waals surface area contributed by atoms with Crippen LogP contribution in [0.2, 0.25) is 0 Å². The second-order valence-corrected chi connectivity index (χ2v) is 9.63. The number of hydrogen-bond acceptors (Lipinski definition) is 4. The van der Waals surface area contributed by atoms with Crippen molar-refractivity contribution in [2.75, 3.05) is 6.54 Å². The third-order valence-corrected chi connectivity index (χ3v) is 6.13. The Morgan fingerprint density at radius 2 is 1.92 bits per heavy atom. The molecule has 2 N–H and O–H groups in total. The third-order valence-electron chi connectivity index (χ3n) is 3.44. The van der Waals surface area contributed by atoms with Crippen LogP contribution >= 0.6 is 11.3 Å². The normalized spacial score (nSPS) is 12.2. The molecular weight excluding hydrogens is 356 g/mol. The molecule has 1 heterocycles. The fourth-order valence-electron chi connectivity index (χ4n) is 2.32. The van der Waals surface area contributed by atoms with Gasteiger partial charge in [-0.2, -0.15) is 0 Å². The summed E-state index contributed by atoms with van der Waals surface area (Å²) >= 11 is 1.65. The highest BCUT2D eigenvalue weighted by Gasteiger charge is 2.23. The van der Waals surface area contributed by atoms with Crippen LogP contribution in [0.1, 0.15) is 41.6 Å². The number of aryl methyl sites for hydroxylation is 1. The highest BCUT2D eigenvalue weighted by Crippen LogP contribution is 2.18. The van der Waals surface area contributed by atoms with Crippen LogP contribution in [0.15, 0.2) is 40.6 Å². The summed E-state index contributed by atoms with van der Waals surface area (Å²) in [7, 11) is -3.68. The summed E-state index contributed by atoms with van der Waals surface area (Å²) in [5, 5.41) is 4.86. The van der Waals surface area contributed by atoms with Gasteiger partial charge in [-0.25, -0.2) is 13.1 Å². The van der Waals surface area contributed by atoms with Gasteiger partial charge in [0, 0.05) is 22.5 Å². The van der Waals surface area contributed by atoms with Gasteiger partial charge in [-0.3, -0.25) is 4.79 Å². The molecule has 0 bridgehead atoms. The van der Waals surface area contributed by atoms with Gasteiger partial charge in [0.1, 0.15) is 0 Å². The fourth-order valence-corrected chi connectivity index (χ4v) is 4.48. The predicted molar refractivity (Wildman–Crippen MR) is 102 cm³/mol. The first-order chi connectivity index (χ1) is 11.6. The van der Waals surface area contributed by atoms with Crippen molar-refractivity contribution in [1.29, 1.82) is 0 Å². The number of rotatable bonds is 6. The Kier molecular flexibility index (Phi) is 6.03. The van der Waals surface area contributed by atoms with E-state index in [1.807, 2.05) is 17.5 Å². The van der Waals surface area contributed by atoms with Gasteiger partial charge >= 0.3 is 0 Å². The molecule has 0 fully saturated rings. The van der Waals surface area contributed by atoms with Gasteiger partial charge in [0.25, 0.3) is 5.91 Å². The Bertz CT molecular complexity index is 836. The van der Waals surface area contributed by atoms with Gasteiger partial charge in [-0.05, 0) is 63.3 Å². The lowest BCUT2D eigenvalue weighted by Gasteiger charge is -2.20. The molecule has 136 valence electrons. The van der Waals surface area contributed by atoms with Crippen LogP contribution in [0.5, 0.6) is 0 Å². The Hall–Kier alpha value is -1.70. The molecule has 0 saturated heterocycles. The van der Waals surface area contributed by atoms with E-state index in [0.29, 0.717) is 12.1 Å². The highest BCUT2D eigenvalue weighted by molar-refractivity contribution is 7.89. The molecule has 25 heavy (non-hydrogen) atoms. The zero-order valence-corrected chi connectivity index (χ0v) is 16.6. The molecule has 0 atom stereocenters. The molecule has 0 saturated carbocycles. The number of amides is 1. The number of nitrogens with one attached hydrogen (secondary N) is 2.